The summed E-state index contributed by atoms with van der Waals surface area (Å²) in [7, 11) is 1.56. The van der Waals surface area contributed by atoms with E-state index in [1.54, 1.807) is 31.6 Å². The molecule has 166 valence electrons. The maximum Gasteiger partial charge on any atom is 0.225 e. The summed E-state index contributed by atoms with van der Waals surface area (Å²) in [6.07, 6.45) is 4.62. The van der Waals surface area contributed by atoms with Crippen molar-refractivity contribution in [3.63, 3.8) is 0 Å². The SMILES string of the molecule is COc1ccc(-c2ccc(-c3nncn3C[C@@H]3CCN(C(=O)C4CC4)C3)c(F)c2)cc1Cl. The monoisotopic (exact) mass is 454 g/mol. The van der Waals surface area contributed by atoms with Crippen molar-refractivity contribution >= 4 is 17.5 Å². The minimum absolute atomic E-state index is 0.243. The van der Waals surface area contributed by atoms with Gasteiger partial charge in [0.25, 0.3) is 0 Å². The molecule has 2 heterocycles. The highest BCUT2D eigenvalue weighted by atomic mass is 35.5. The third-order valence-corrected chi connectivity index (χ3v) is 6.59. The van der Waals surface area contributed by atoms with Crippen LogP contribution in [0.1, 0.15) is 19.3 Å². The van der Waals surface area contributed by atoms with Gasteiger partial charge < -0.3 is 14.2 Å². The molecule has 5 rings (SSSR count). The highest BCUT2D eigenvalue weighted by Gasteiger charge is 2.36. The Labute approximate surface area is 191 Å². The van der Waals surface area contributed by atoms with Crippen LogP contribution in [0.15, 0.2) is 42.7 Å². The Bertz CT molecular complexity index is 1160. The second-order valence-electron chi connectivity index (χ2n) is 8.56. The van der Waals surface area contributed by atoms with Crippen LogP contribution in [0.3, 0.4) is 0 Å². The molecule has 1 aliphatic carbocycles. The molecule has 32 heavy (non-hydrogen) atoms. The fraction of sp³-hybridized carbons (Fsp3) is 0.375. The molecule has 1 atom stereocenters. The van der Waals surface area contributed by atoms with Crippen LogP contribution in [0.2, 0.25) is 5.02 Å². The van der Waals surface area contributed by atoms with Crippen molar-refractivity contribution in [1.82, 2.24) is 19.7 Å². The predicted molar refractivity (Wildman–Crippen MR) is 120 cm³/mol. The zero-order valence-electron chi connectivity index (χ0n) is 17.8. The lowest BCUT2D eigenvalue weighted by Gasteiger charge is -2.17. The van der Waals surface area contributed by atoms with E-state index in [1.165, 1.54) is 6.07 Å². The fourth-order valence-corrected chi connectivity index (χ4v) is 4.63. The molecule has 1 aliphatic heterocycles. The van der Waals surface area contributed by atoms with Gasteiger partial charge in [-0.25, -0.2) is 4.39 Å². The van der Waals surface area contributed by atoms with Crippen LogP contribution in [0.25, 0.3) is 22.5 Å². The molecule has 2 fully saturated rings. The first-order valence-electron chi connectivity index (χ1n) is 10.8. The zero-order chi connectivity index (χ0) is 22.2. The molecule has 0 spiro atoms. The van der Waals surface area contributed by atoms with Crippen LogP contribution in [-0.4, -0.2) is 45.8 Å². The number of amides is 1. The standard InChI is InChI=1S/C24H24ClFN4O2/c1-32-22-7-5-17(10-20(22)25)18-4-6-19(21(26)11-18)23-28-27-14-30(23)13-15-8-9-29(12-15)24(31)16-2-3-16/h4-7,10-11,14-16H,2-3,8-9,12-13H2,1H3/t15-/m1/s1. The Morgan fingerprint density at radius 1 is 1.19 bits per heavy atom. The summed E-state index contributed by atoms with van der Waals surface area (Å²) in [4.78, 5) is 14.3. The summed E-state index contributed by atoms with van der Waals surface area (Å²) in [6, 6.07) is 10.4. The van der Waals surface area contributed by atoms with Gasteiger partial charge in [0.2, 0.25) is 5.91 Å². The number of rotatable bonds is 6. The van der Waals surface area contributed by atoms with Gasteiger partial charge in [0, 0.05) is 25.6 Å². The molecule has 8 heteroatoms. The molecule has 2 aliphatic rings. The Balaban J connectivity index is 1.33. The van der Waals surface area contributed by atoms with Crippen LogP contribution in [0.5, 0.6) is 5.75 Å². The van der Waals surface area contributed by atoms with Crippen LogP contribution >= 0.6 is 11.6 Å². The van der Waals surface area contributed by atoms with Crippen LogP contribution in [0.4, 0.5) is 4.39 Å². The van der Waals surface area contributed by atoms with E-state index in [2.05, 4.69) is 10.2 Å². The Morgan fingerprint density at radius 2 is 1.97 bits per heavy atom. The van der Waals surface area contributed by atoms with Gasteiger partial charge in [-0.05, 0) is 60.6 Å². The number of benzene rings is 2. The molecule has 0 bridgehead atoms. The van der Waals surface area contributed by atoms with Gasteiger partial charge in [0.15, 0.2) is 5.82 Å². The lowest BCUT2D eigenvalue weighted by molar-refractivity contribution is -0.131. The van der Waals surface area contributed by atoms with Crippen molar-refractivity contribution in [2.24, 2.45) is 11.8 Å². The first-order valence-corrected chi connectivity index (χ1v) is 11.2. The quantitative estimate of drug-likeness (QED) is 0.543. The molecule has 3 aromatic rings. The minimum atomic E-state index is -0.374. The minimum Gasteiger partial charge on any atom is -0.495 e. The summed E-state index contributed by atoms with van der Waals surface area (Å²) in [5, 5.41) is 8.67. The Morgan fingerprint density at radius 3 is 2.69 bits per heavy atom. The summed E-state index contributed by atoms with van der Waals surface area (Å²) < 4.78 is 22.2. The van der Waals surface area contributed by atoms with E-state index in [1.807, 2.05) is 21.6 Å². The third-order valence-electron chi connectivity index (χ3n) is 6.29. The van der Waals surface area contributed by atoms with Crippen LogP contribution in [0, 0.1) is 17.7 Å². The Hall–Kier alpha value is -2.93. The number of carbonyl (C=O) groups is 1. The molecule has 1 amide bonds. The van der Waals surface area contributed by atoms with Gasteiger partial charge in [-0.1, -0.05) is 23.7 Å². The average Bonchev–Trinajstić information content (AvgIpc) is 3.38. The number of hydrogen-bond acceptors (Lipinski definition) is 4. The van der Waals surface area contributed by atoms with Crippen molar-refractivity contribution in [2.75, 3.05) is 20.2 Å². The van der Waals surface area contributed by atoms with Gasteiger partial charge in [0.1, 0.15) is 17.9 Å². The highest BCUT2D eigenvalue weighted by molar-refractivity contribution is 6.32. The van der Waals surface area contributed by atoms with E-state index >= 15 is 4.39 Å². The smallest absolute Gasteiger partial charge is 0.225 e. The Kier molecular flexibility index (Phi) is 5.59. The molecule has 0 radical (unpaired) electrons. The van der Waals surface area contributed by atoms with E-state index in [-0.39, 0.29) is 17.6 Å². The van der Waals surface area contributed by atoms with Crippen LogP contribution < -0.4 is 4.74 Å². The van der Waals surface area contributed by atoms with Gasteiger partial charge in [-0.3, -0.25) is 4.79 Å². The van der Waals surface area contributed by atoms with E-state index < -0.39 is 0 Å². The third kappa shape index (κ3) is 4.09. The average molecular weight is 455 g/mol. The van der Waals surface area contributed by atoms with Gasteiger partial charge >= 0.3 is 0 Å². The molecule has 6 nitrogen and oxygen atoms in total. The van der Waals surface area contributed by atoms with Crippen LogP contribution in [-0.2, 0) is 11.3 Å². The predicted octanol–water partition coefficient (Wildman–Crippen LogP) is 4.67. The molecule has 0 unspecified atom stereocenters. The number of aromatic nitrogens is 3. The van der Waals surface area contributed by atoms with Crippen molar-refractivity contribution in [1.29, 1.82) is 0 Å². The van der Waals surface area contributed by atoms with E-state index in [4.69, 9.17) is 16.3 Å². The number of hydrogen-bond donors (Lipinski definition) is 0. The van der Waals surface area contributed by atoms with E-state index in [9.17, 15) is 4.79 Å². The van der Waals surface area contributed by atoms with Crippen molar-refractivity contribution in [3.8, 4) is 28.3 Å². The summed E-state index contributed by atoms with van der Waals surface area (Å²) in [5.74, 6) is 1.54. The maximum absolute atomic E-state index is 15.1. The lowest BCUT2D eigenvalue weighted by Crippen LogP contribution is -2.30. The fourth-order valence-electron chi connectivity index (χ4n) is 4.37. The second kappa shape index (κ2) is 8.54. The molecule has 1 saturated carbocycles. The normalized spacial score (nSPS) is 18.2. The zero-order valence-corrected chi connectivity index (χ0v) is 18.6. The topological polar surface area (TPSA) is 60.3 Å². The second-order valence-corrected chi connectivity index (χ2v) is 8.97. The van der Waals surface area contributed by atoms with E-state index in [0.717, 1.165) is 37.9 Å². The molecule has 1 saturated heterocycles. The summed E-state index contributed by atoms with van der Waals surface area (Å²) in [6.45, 7) is 2.20. The van der Waals surface area contributed by atoms with Gasteiger partial charge in [-0.2, -0.15) is 0 Å². The van der Waals surface area contributed by atoms with Crippen molar-refractivity contribution < 1.29 is 13.9 Å². The highest BCUT2D eigenvalue weighted by Crippen LogP contribution is 2.34. The first kappa shape index (κ1) is 20.9. The lowest BCUT2D eigenvalue weighted by atomic mass is 10.0. The maximum atomic E-state index is 15.1. The van der Waals surface area contributed by atoms with Gasteiger partial charge in [-0.15, -0.1) is 10.2 Å². The number of methoxy groups -OCH3 is 1. The number of halogens is 2. The number of nitrogens with zero attached hydrogens (tertiary/aromatic N) is 4. The van der Waals surface area contributed by atoms with Crippen molar-refractivity contribution in [2.45, 2.75) is 25.8 Å². The largest absolute Gasteiger partial charge is 0.495 e. The van der Waals surface area contributed by atoms with Gasteiger partial charge in [0.05, 0.1) is 17.7 Å². The number of carbonyl (C=O) groups excluding carboxylic acids is 1. The summed E-state index contributed by atoms with van der Waals surface area (Å²) in [5.41, 5.74) is 1.91. The molecular weight excluding hydrogens is 431 g/mol. The van der Waals surface area contributed by atoms with Crippen molar-refractivity contribution in [3.05, 3.63) is 53.6 Å². The summed E-state index contributed by atoms with van der Waals surface area (Å²) >= 11 is 6.22. The molecule has 0 N–H and O–H groups in total. The molecular formula is C24H24ClFN4O2. The molecule has 2 aromatic carbocycles. The van der Waals surface area contributed by atoms with E-state index in [0.29, 0.717) is 40.2 Å². The first-order chi connectivity index (χ1) is 15.5. The number of ether oxygens (including phenoxy) is 1. The molecule has 1 aromatic heterocycles. The number of likely N-dealkylation sites (tertiary alicyclic amines) is 1.